The van der Waals surface area contributed by atoms with Gasteiger partial charge < -0.3 is 4.57 Å². The average Bonchev–Trinajstić information content (AvgIpc) is 3.39. The summed E-state index contributed by atoms with van der Waals surface area (Å²) in [4.78, 5) is 4.76. The van der Waals surface area contributed by atoms with Crippen molar-refractivity contribution < 1.29 is 0 Å². The molecule has 0 N–H and O–H groups in total. The number of hydrogen-bond acceptors (Lipinski definition) is 5. The van der Waals surface area contributed by atoms with Crippen molar-refractivity contribution in [2.75, 3.05) is 0 Å². The molecule has 0 bridgehead atoms. The molecule has 0 radical (unpaired) electrons. The van der Waals surface area contributed by atoms with Gasteiger partial charge in [-0.15, -0.1) is 21.5 Å². The first-order valence-corrected chi connectivity index (χ1v) is 12.2. The Bertz CT molecular complexity index is 1130. The third kappa shape index (κ3) is 4.46. The SMILES string of the molecule is CCn1c(SCc2csc(-c3ccccc3Cl)n2)nnc1-c1ccc(C(C)C)cc1. The first-order chi connectivity index (χ1) is 14.6. The van der Waals surface area contributed by atoms with Crippen molar-refractivity contribution in [3.63, 3.8) is 0 Å². The van der Waals surface area contributed by atoms with Crippen molar-refractivity contribution in [3.8, 4) is 22.0 Å². The minimum absolute atomic E-state index is 0.517. The summed E-state index contributed by atoms with van der Waals surface area (Å²) in [7, 11) is 0. The van der Waals surface area contributed by atoms with Gasteiger partial charge in [-0.1, -0.05) is 79.7 Å². The maximum absolute atomic E-state index is 6.31. The van der Waals surface area contributed by atoms with Gasteiger partial charge in [0.25, 0.3) is 0 Å². The number of hydrogen-bond donors (Lipinski definition) is 0. The molecule has 4 aromatic rings. The number of nitrogens with zero attached hydrogens (tertiary/aromatic N) is 4. The lowest BCUT2D eigenvalue weighted by atomic mass is 10.0. The van der Waals surface area contributed by atoms with E-state index in [1.165, 1.54) is 5.56 Å². The maximum Gasteiger partial charge on any atom is 0.191 e. The summed E-state index contributed by atoms with van der Waals surface area (Å²) in [5, 5.41) is 13.6. The fourth-order valence-electron chi connectivity index (χ4n) is 3.18. The van der Waals surface area contributed by atoms with E-state index in [0.29, 0.717) is 5.92 Å². The third-order valence-electron chi connectivity index (χ3n) is 4.87. The summed E-state index contributed by atoms with van der Waals surface area (Å²) in [6, 6.07) is 16.4. The van der Waals surface area contributed by atoms with Crippen LogP contribution in [-0.2, 0) is 12.3 Å². The van der Waals surface area contributed by atoms with Crippen LogP contribution in [0.25, 0.3) is 22.0 Å². The quantitative estimate of drug-likeness (QED) is 0.278. The zero-order chi connectivity index (χ0) is 21.1. The van der Waals surface area contributed by atoms with Crippen LogP contribution >= 0.6 is 34.7 Å². The predicted octanol–water partition coefficient (Wildman–Crippen LogP) is 7.16. The lowest BCUT2D eigenvalue weighted by Crippen LogP contribution is -2.00. The van der Waals surface area contributed by atoms with Gasteiger partial charge in [0.2, 0.25) is 0 Å². The van der Waals surface area contributed by atoms with Gasteiger partial charge in [0.05, 0.1) is 10.7 Å². The molecule has 2 heterocycles. The first kappa shape index (κ1) is 21.1. The lowest BCUT2D eigenvalue weighted by Gasteiger charge is -2.09. The largest absolute Gasteiger partial charge is 0.302 e. The van der Waals surface area contributed by atoms with E-state index < -0.39 is 0 Å². The summed E-state index contributed by atoms with van der Waals surface area (Å²) in [5.41, 5.74) is 4.42. The fraction of sp³-hybridized carbons (Fsp3) is 0.261. The minimum Gasteiger partial charge on any atom is -0.302 e. The van der Waals surface area contributed by atoms with E-state index >= 15 is 0 Å². The number of aromatic nitrogens is 4. The Labute approximate surface area is 190 Å². The summed E-state index contributed by atoms with van der Waals surface area (Å²) < 4.78 is 2.16. The molecule has 0 saturated heterocycles. The van der Waals surface area contributed by atoms with Gasteiger partial charge in [0.1, 0.15) is 5.01 Å². The smallest absolute Gasteiger partial charge is 0.191 e. The zero-order valence-electron chi connectivity index (χ0n) is 17.2. The number of benzene rings is 2. The van der Waals surface area contributed by atoms with E-state index in [1.54, 1.807) is 23.1 Å². The van der Waals surface area contributed by atoms with Crippen LogP contribution in [0.5, 0.6) is 0 Å². The molecule has 0 spiro atoms. The van der Waals surface area contributed by atoms with E-state index in [-0.39, 0.29) is 0 Å². The molecule has 0 saturated carbocycles. The van der Waals surface area contributed by atoms with E-state index in [1.807, 2.05) is 24.3 Å². The standard InChI is InChI=1S/C23H23ClN4S2/c1-4-28-21(17-11-9-16(10-12-17)15(2)3)26-27-23(28)30-14-18-13-29-22(25-18)19-7-5-6-8-20(19)24/h5-13,15H,4,14H2,1-3H3. The van der Waals surface area contributed by atoms with E-state index in [0.717, 1.165) is 50.1 Å². The Morgan fingerprint density at radius 3 is 2.53 bits per heavy atom. The number of thioether (sulfide) groups is 1. The topological polar surface area (TPSA) is 43.6 Å². The summed E-state index contributed by atoms with van der Waals surface area (Å²) in [5.74, 6) is 2.17. The Kier molecular flexibility index (Phi) is 6.56. The molecule has 7 heteroatoms. The number of thiazole rings is 1. The minimum atomic E-state index is 0.517. The highest BCUT2D eigenvalue weighted by Gasteiger charge is 2.15. The molecule has 2 aromatic carbocycles. The average molecular weight is 455 g/mol. The number of halogens is 1. The van der Waals surface area contributed by atoms with Gasteiger partial charge in [-0.25, -0.2) is 4.98 Å². The van der Waals surface area contributed by atoms with Gasteiger partial charge in [0, 0.05) is 28.8 Å². The van der Waals surface area contributed by atoms with Gasteiger partial charge in [-0.3, -0.25) is 0 Å². The van der Waals surface area contributed by atoms with Crippen molar-refractivity contribution in [2.24, 2.45) is 0 Å². The molecule has 0 atom stereocenters. The molecular weight excluding hydrogens is 432 g/mol. The van der Waals surface area contributed by atoms with Crippen molar-refractivity contribution in [3.05, 3.63) is 70.2 Å². The van der Waals surface area contributed by atoms with Crippen LogP contribution in [0.2, 0.25) is 5.02 Å². The van der Waals surface area contributed by atoms with Crippen LogP contribution in [0.4, 0.5) is 0 Å². The molecule has 0 aliphatic heterocycles. The van der Waals surface area contributed by atoms with E-state index in [4.69, 9.17) is 16.6 Å². The molecule has 2 aromatic heterocycles. The molecule has 0 aliphatic rings. The van der Waals surface area contributed by atoms with Gasteiger partial charge in [-0.2, -0.15) is 0 Å². The molecule has 4 nitrogen and oxygen atoms in total. The van der Waals surface area contributed by atoms with Gasteiger partial charge in [-0.05, 0) is 24.5 Å². The van der Waals surface area contributed by atoms with Crippen LogP contribution in [-0.4, -0.2) is 19.7 Å². The normalized spacial score (nSPS) is 11.4. The highest BCUT2D eigenvalue weighted by molar-refractivity contribution is 7.98. The Morgan fingerprint density at radius 1 is 1.07 bits per heavy atom. The van der Waals surface area contributed by atoms with Gasteiger partial charge in [0.15, 0.2) is 11.0 Å². The molecular formula is C23H23ClN4S2. The van der Waals surface area contributed by atoms with Crippen LogP contribution in [0.3, 0.4) is 0 Å². The highest BCUT2D eigenvalue weighted by atomic mass is 35.5. The summed E-state index contributed by atoms with van der Waals surface area (Å²) in [6.45, 7) is 7.35. The van der Waals surface area contributed by atoms with Crippen LogP contribution < -0.4 is 0 Å². The van der Waals surface area contributed by atoms with Crippen LogP contribution in [0, 0.1) is 0 Å². The Balaban J connectivity index is 1.50. The van der Waals surface area contributed by atoms with Gasteiger partial charge >= 0.3 is 0 Å². The monoisotopic (exact) mass is 454 g/mol. The first-order valence-electron chi connectivity index (χ1n) is 9.92. The predicted molar refractivity (Wildman–Crippen MR) is 127 cm³/mol. The second-order valence-electron chi connectivity index (χ2n) is 7.24. The molecule has 0 unspecified atom stereocenters. The molecule has 0 aliphatic carbocycles. The van der Waals surface area contributed by atoms with E-state index in [9.17, 15) is 0 Å². The number of rotatable bonds is 7. The molecule has 0 amide bonds. The van der Waals surface area contributed by atoms with Crippen LogP contribution in [0.1, 0.15) is 37.9 Å². The van der Waals surface area contributed by atoms with Crippen molar-refractivity contribution in [1.82, 2.24) is 19.7 Å². The molecule has 154 valence electrons. The highest BCUT2D eigenvalue weighted by Crippen LogP contribution is 2.32. The van der Waals surface area contributed by atoms with E-state index in [2.05, 4.69) is 65.2 Å². The third-order valence-corrected chi connectivity index (χ3v) is 7.13. The Hall–Kier alpha value is -2.15. The zero-order valence-corrected chi connectivity index (χ0v) is 19.6. The summed E-state index contributed by atoms with van der Waals surface area (Å²) >= 11 is 9.59. The fourth-order valence-corrected chi connectivity index (χ4v) is 5.32. The second kappa shape index (κ2) is 9.33. The molecule has 4 rings (SSSR count). The van der Waals surface area contributed by atoms with Crippen LogP contribution in [0.15, 0.2) is 59.1 Å². The van der Waals surface area contributed by atoms with Crippen molar-refractivity contribution in [2.45, 2.75) is 44.1 Å². The molecule has 30 heavy (non-hydrogen) atoms. The molecule has 0 fully saturated rings. The maximum atomic E-state index is 6.31. The summed E-state index contributed by atoms with van der Waals surface area (Å²) in [6.07, 6.45) is 0. The second-order valence-corrected chi connectivity index (χ2v) is 9.45. The van der Waals surface area contributed by atoms with Crippen molar-refractivity contribution >= 4 is 34.7 Å². The van der Waals surface area contributed by atoms with Crippen molar-refractivity contribution in [1.29, 1.82) is 0 Å². The lowest BCUT2D eigenvalue weighted by molar-refractivity contribution is 0.687. The Morgan fingerprint density at radius 2 is 1.83 bits per heavy atom.